The highest BCUT2D eigenvalue weighted by Crippen LogP contribution is 2.26. The molecule has 1 aliphatic heterocycles. The van der Waals surface area contributed by atoms with Gasteiger partial charge in [-0.1, -0.05) is 17.3 Å². The third-order valence-corrected chi connectivity index (χ3v) is 5.17. The summed E-state index contributed by atoms with van der Waals surface area (Å²) in [5.41, 5.74) is 3.90. The SMILES string of the molecule is CC(C)Oc1ccc(-c2cn(-c3ccc(CN4CC(C(=O)O)C4)cc3)nn2)cc1C#N. The summed E-state index contributed by atoms with van der Waals surface area (Å²) in [6.45, 7) is 5.75. The number of benzene rings is 2. The number of aliphatic carboxylic acids is 1. The van der Waals surface area contributed by atoms with E-state index in [1.54, 1.807) is 16.8 Å². The van der Waals surface area contributed by atoms with Crippen LogP contribution in [0.1, 0.15) is 25.0 Å². The zero-order valence-corrected chi connectivity index (χ0v) is 17.4. The van der Waals surface area contributed by atoms with Crippen LogP contribution in [-0.2, 0) is 11.3 Å². The Bertz CT molecular complexity index is 1120. The summed E-state index contributed by atoms with van der Waals surface area (Å²) in [6.07, 6.45) is 1.81. The molecule has 0 amide bonds. The van der Waals surface area contributed by atoms with Gasteiger partial charge in [0.25, 0.3) is 0 Å². The summed E-state index contributed by atoms with van der Waals surface area (Å²) >= 11 is 0. The highest BCUT2D eigenvalue weighted by molar-refractivity contribution is 5.71. The fourth-order valence-corrected chi connectivity index (χ4v) is 3.52. The van der Waals surface area contributed by atoms with Gasteiger partial charge in [0, 0.05) is 25.2 Å². The van der Waals surface area contributed by atoms with Gasteiger partial charge in [0.2, 0.25) is 0 Å². The van der Waals surface area contributed by atoms with Gasteiger partial charge in [0.15, 0.2) is 0 Å². The Morgan fingerprint density at radius 1 is 1.26 bits per heavy atom. The van der Waals surface area contributed by atoms with E-state index >= 15 is 0 Å². The molecule has 0 radical (unpaired) electrons. The molecule has 31 heavy (non-hydrogen) atoms. The van der Waals surface area contributed by atoms with E-state index in [1.165, 1.54) is 0 Å². The summed E-state index contributed by atoms with van der Waals surface area (Å²) in [7, 11) is 0. The first kappa shape index (κ1) is 20.6. The van der Waals surface area contributed by atoms with Gasteiger partial charge in [0.1, 0.15) is 17.5 Å². The minimum atomic E-state index is -0.724. The van der Waals surface area contributed by atoms with Crippen LogP contribution in [0.3, 0.4) is 0 Å². The molecule has 0 spiro atoms. The Balaban J connectivity index is 1.45. The van der Waals surface area contributed by atoms with Crippen molar-refractivity contribution in [3.63, 3.8) is 0 Å². The van der Waals surface area contributed by atoms with Crippen LogP contribution in [0, 0.1) is 17.2 Å². The van der Waals surface area contributed by atoms with E-state index in [0.29, 0.717) is 30.1 Å². The van der Waals surface area contributed by atoms with Crippen molar-refractivity contribution in [3.8, 4) is 28.8 Å². The lowest BCUT2D eigenvalue weighted by Gasteiger charge is -2.36. The lowest BCUT2D eigenvalue weighted by molar-refractivity contribution is -0.147. The van der Waals surface area contributed by atoms with Crippen LogP contribution >= 0.6 is 0 Å². The van der Waals surface area contributed by atoms with E-state index in [1.807, 2.05) is 50.4 Å². The van der Waals surface area contributed by atoms with Gasteiger partial charge in [-0.25, -0.2) is 4.68 Å². The zero-order chi connectivity index (χ0) is 22.0. The van der Waals surface area contributed by atoms with E-state index in [0.717, 1.165) is 23.4 Å². The molecular formula is C23H23N5O3. The predicted molar refractivity (Wildman–Crippen MR) is 114 cm³/mol. The minimum absolute atomic E-state index is 0.0125. The van der Waals surface area contributed by atoms with E-state index in [2.05, 4.69) is 21.3 Å². The number of carboxylic acids is 1. The van der Waals surface area contributed by atoms with Gasteiger partial charge >= 0.3 is 5.97 Å². The third-order valence-electron chi connectivity index (χ3n) is 5.17. The Kier molecular flexibility index (Phi) is 5.69. The number of hydrogen-bond donors (Lipinski definition) is 1. The summed E-state index contributed by atoms with van der Waals surface area (Å²) in [6, 6.07) is 15.5. The maximum Gasteiger partial charge on any atom is 0.309 e. The van der Waals surface area contributed by atoms with Gasteiger partial charge in [-0.2, -0.15) is 5.26 Å². The highest BCUT2D eigenvalue weighted by Gasteiger charge is 2.32. The first-order chi connectivity index (χ1) is 14.9. The molecule has 3 aromatic rings. The van der Waals surface area contributed by atoms with Gasteiger partial charge in [0.05, 0.1) is 29.5 Å². The summed E-state index contributed by atoms with van der Waals surface area (Å²) in [4.78, 5) is 13.0. The third kappa shape index (κ3) is 4.57. The second-order valence-corrected chi connectivity index (χ2v) is 7.93. The molecule has 0 unspecified atom stereocenters. The van der Waals surface area contributed by atoms with Crippen molar-refractivity contribution in [2.75, 3.05) is 13.1 Å². The van der Waals surface area contributed by atoms with Crippen LogP contribution in [0.5, 0.6) is 5.75 Å². The molecule has 8 nitrogen and oxygen atoms in total. The molecule has 0 bridgehead atoms. The van der Waals surface area contributed by atoms with E-state index in [-0.39, 0.29) is 12.0 Å². The molecule has 1 N–H and O–H groups in total. The number of carboxylic acid groups (broad SMARTS) is 1. The van der Waals surface area contributed by atoms with E-state index < -0.39 is 5.97 Å². The molecule has 2 aromatic carbocycles. The number of rotatable bonds is 7. The molecule has 0 saturated carbocycles. The van der Waals surface area contributed by atoms with Crippen molar-refractivity contribution in [1.29, 1.82) is 5.26 Å². The second kappa shape index (κ2) is 8.58. The van der Waals surface area contributed by atoms with E-state index in [4.69, 9.17) is 9.84 Å². The monoisotopic (exact) mass is 417 g/mol. The fourth-order valence-electron chi connectivity index (χ4n) is 3.52. The number of ether oxygens (including phenoxy) is 1. The number of hydrogen-bond acceptors (Lipinski definition) is 6. The maximum absolute atomic E-state index is 10.9. The average Bonchev–Trinajstić information content (AvgIpc) is 3.20. The predicted octanol–water partition coefficient (Wildman–Crippen LogP) is 3.11. The molecule has 0 aliphatic carbocycles. The van der Waals surface area contributed by atoms with Crippen LogP contribution in [0.2, 0.25) is 0 Å². The Labute approximate surface area is 180 Å². The molecule has 8 heteroatoms. The van der Waals surface area contributed by atoms with Crippen LogP contribution in [0.25, 0.3) is 16.9 Å². The summed E-state index contributed by atoms with van der Waals surface area (Å²) in [5, 5.41) is 26.9. The lowest BCUT2D eigenvalue weighted by atomic mass is 9.99. The van der Waals surface area contributed by atoms with Crippen molar-refractivity contribution in [3.05, 3.63) is 59.8 Å². The highest BCUT2D eigenvalue weighted by atomic mass is 16.5. The van der Waals surface area contributed by atoms with Crippen molar-refractivity contribution in [2.24, 2.45) is 5.92 Å². The second-order valence-electron chi connectivity index (χ2n) is 7.93. The average molecular weight is 417 g/mol. The first-order valence-electron chi connectivity index (χ1n) is 10.1. The van der Waals surface area contributed by atoms with Gasteiger partial charge in [-0.3, -0.25) is 9.69 Å². The molecule has 0 atom stereocenters. The smallest absolute Gasteiger partial charge is 0.309 e. The molecule has 1 fully saturated rings. The number of likely N-dealkylation sites (tertiary alicyclic amines) is 1. The van der Waals surface area contributed by atoms with Crippen molar-refractivity contribution >= 4 is 5.97 Å². The molecule has 2 heterocycles. The number of carbonyl (C=O) groups is 1. The largest absolute Gasteiger partial charge is 0.490 e. The van der Waals surface area contributed by atoms with Crippen molar-refractivity contribution < 1.29 is 14.6 Å². The Hall–Kier alpha value is -3.70. The van der Waals surface area contributed by atoms with Crippen molar-refractivity contribution in [2.45, 2.75) is 26.5 Å². The minimum Gasteiger partial charge on any atom is -0.490 e. The molecule has 1 saturated heterocycles. The normalized spacial score (nSPS) is 14.3. The molecular weight excluding hydrogens is 394 g/mol. The van der Waals surface area contributed by atoms with Crippen molar-refractivity contribution in [1.82, 2.24) is 19.9 Å². The maximum atomic E-state index is 10.9. The van der Waals surface area contributed by atoms with E-state index in [9.17, 15) is 10.1 Å². The molecule has 158 valence electrons. The van der Waals surface area contributed by atoms with Gasteiger partial charge in [-0.05, 0) is 49.7 Å². The molecule has 1 aromatic heterocycles. The van der Waals surface area contributed by atoms with Crippen LogP contribution in [0.15, 0.2) is 48.7 Å². The fraction of sp³-hybridized carbons (Fsp3) is 0.304. The standard InChI is InChI=1S/C23H23N5O3/c1-15(2)31-22-8-5-17(9-18(22)10-24)21-14-28(26-25-21)20-6-3-16(4-7-20)11-27-12-19(13-27)23(29)30/h3-9,14-15,19H,11-13H2,1-2H3,(H,29,30). The summed E-state index contributed by atoms with van der Waals surface area (Å²) < 4.78 is 7.36. The molecule has 1 aliphatic rings. The quantitative estimate of drug-likeness (QED) is 0.630. The van der Waals surface area contributed by atoms with Crippen LogP contribution in [0.4, 0.5) is 0 Å². The Morgan fingerprint density at radius 3 is 2.65 bits per heavy atom. The zero-order valence-electron chi connectivity index (χ0n) is 17.4. The number of aromatic nitrogens is 3. The lowest BCUT2D eigenvalue weighted by Crippen LogP contribution is -2.49. The van der Waals surface area contributed by atoms with Gasteiger partial charge < -0.3 is 9.84 Å². The number of nitriles is 1. The van der Waals surface area contributed by atoms with Gasteiger partial charge in [-0.15, -0.1) is 5.10 Å². The number of nitrogens with zero attached hydrogens (tertiary/aromatic N) is 5. The molecule has 4 rings (SSSR count). The first-order valence-corrected chi connectivity index (χ1v) is 10.1. The van der Waals surface area contributed by atoms with Crippen LogP contribution < -0.4 is 4.74 Å². The Morgan fingerprint density at radius 2 is 2.00 bits per heavy atom. The van der Waals surface area contributed by atoms with Crippen LogP contribution in [-0.4, -0.2) is 50.2 Å². The topological polar surface area (TPSA) is 104 Å². The summed E-state index contributed by atoms with van der Waals surface area (Å²) in [5.74, 6) is -0.418.